The number of rotatable bonds is 3. The third-order valence-electron chi connectivity index (χ3n) is 3.86. The number of hydrogen-bond donors (Lipinski definition) is 2. The Morgan fingerprint density at radius 1 is 1.14 bits per heavy atom. The number of halogens is 1. The second kappa shape index (κ2) is 5.88. The molecule has 3 nitrogen and oxygen atoms in total. The van der Waals surface area contributed by atoms with E-state index >= 15 is 0 Å². The zero-order valence-corrected chi connectivity index (χ0v) is 11.7. The fourth-order valence-electron chi connectivity index (χ4n) is 2.91. The smallest absolute Gasteiger partial charge is 0.423 e. The van der Waals surface area contributed by atoms with E-state index in [2.05, 4.69) is 17.0 Å². The molecular weight excluding hydrogens is 268 g/mol. The summed E-state index contributed by atoms with van der Waals surface area (Å²) in [5.41, 5.74) is 3.42. The van der Waals surface area contributed by atoms with Crippen molar-refractivity contribution in [3.8, 4) is 0 Å². The second-order valence-electron chi connectivity index (χ2n) is 5.42. The highest BCUT2D eigenvalue weighted by molar-refractivity contribution is 6.58. The second-order valence-corrected chi connectivity index (χ2v) is 5.42. The number of fused-ring (bicyclic) bond motifs is 1. The molecule has 2 aromatic carbocycles. The zero-order chi connectivity index (χ0) is 14.8. The van der Waals surface area contributed by atoms with Crippen LogP contribution in [0.2, 0.25) is 0 Å². The van der Waals surface area contributed by atoms with Gasteiger partial charge in [-0.25, -0.2) is 4.39 Å². The summed E-state index contributed by atoms with van der Waals surface area (Å²) in [5.74, 6) is -0.444. The van der Waals surface area contributed by atoms with Gasteiger partial charge in [0.05, 0.1) is 0 Å². The summed E-state index contributed by atoms with van der Waals surface area (Å²) in [6.07, 6.45) is 2.14. The average molecular weight is 285 g/mol. The molecule has 0 saturated carbocycles. The van der Waals surface area contributed by atoms with E-state index < -0.39 is 12.9 Å². The number of hydrogen-bond acceptors (Lipinski definition) is 3. The van der Waals surface area contributed by atoms with E-state index in [9.17, 15) is 14.4 Å². The van der Waals surface area contributed by atoms with Crippen LogP contribution in [0.4, 0.5) is 10.1 Å². The number of para-hydroxylation sites is 1. The fraction of sp³-hybridized carbons (Fsp3) is 0.250. The van der Waals surface area contributed by atoms with Gasteiger partial charge in [-0.15, -0.1) is 0 Å². The third kappa shape index (κ3) is 3.09. The van der Waals surface area contributed by atoms with Crippen molar-refractivity contribution in [2.45, 2.75) is 19.4 Å². The van der Waals surface area contributed by atoms with Crippen molar-refractivity contribution in [1.82, 2.24) is 0 Å². The Morgan fingerprint density at radius 3 is 2.76 bits per heavy atom. The summed E-state index contributed by atoms with van der Waals surface area (Å²) in [5, 5.41) is 18.4. The van der Waals surface area contributed by atoms with Crippen LogP contribution in [0, 0.1) is 5.82 Å². The van der Waals surface area contributed by atoms with Gasteiger partial charge in [-0.3, -0.25) is 0 Å². The molecule has 1 aliphatic rings. The van der Waals surface area contributed by atoms with Crippen molar-refractivity contribution < 1.29 is 14.4 Å². The minimum Gasteiger partial charge on any atom is -0.423 e. The lowest BCUT2D eigenvalue weighted by atomic mass is 9.79. The Labute approximate surface area is 123 Å². The molecule has 2 N–H and O–H groups in total. The average Bonchev–Trinajstić information content (AvgIpc) is 2.47. The lowest BCUT2D eigenvalue weighted by Crippen LogP contribution is -2.32. The molecule has 0 atom stereocenters. The van der Waals surface area contributed by atoms with Gasteiger partial charge < -0.3 is 14.9 Å². The van der Waals surface area contributed by atoms with Gasteiger partial charge in [0.1, 0.15) is 5.82 Å². The molecule has 0 unspecified atom stereocenters. The highest BCUT2D eigenvalue weighted by atomic mass is 19.1. The molecule has 0 radical (unpaired) electrons. The van der Waals surface area contributed by atoms with Crippen LogP contribution in [0.1, 0.15) is 17.5 Å². The van der Waals surface area contributed by atoms with E-state index in [4.69, 9.17) is 0 Å². The molecule has 0 spiro atoms. The summed E-state index contributed by atoms with van der Waals surface area (Å²) in [6, 6.07) is 12.5. The highest BCUT2D eigenvalue weighted by Gasteiger charge is 2.18. The summed E-state index contributed by atoms with van der Waals surface area (Å²) < 4.78 is 13.6. The molecule has 1 heterocycles. The van der Waals surface area contributed by atoms with Crippen LogP contribution in [0.15, 0.2) is 42.5 Å². The normalized spacial score (nSPS) is 14.0. The van der Waals surface area contributed by atoms with Gasteiger partial charge in [0.25, 0.3) is 0 Å². The highest BCUT2D eigenvalue weighted by Crippen LogP contribution is 2.27. The molecule has 3 rings (SSSR count). The van der Waals surface area contributed by atoms with Crippen molar-refractivity contribution in [2.24, 2.45) is 0 Å². The number of anilines is 1. The standard InChI is InChI=1S/C16H17BFNO2/c18-15-9-12(8-14(10-15)17(20)21)11-19-7-3-5-13-4-1-2-6-16(13)19/h1-2,4,6,8-10,20-21H,3,5,7,11H2. The largest absolute Gasteiger partial charge is 0.488 e. The van der Waals surface area contributed by atoms with Crippen LogP contribution >= 0.6 is 0 Å². The van der Waals surface area contributed by atoms with Gasteiger partial charge in [-0.1, -0.05) is 24.3 Å². The summed E-state index contributed by atoms with van der Waals surface area (Å²) in [6.45, 7) is 1.49. The molecule has 0 aliphatic carbocycles. The molecule has 21 heavy (non-hydrogen) atoms. The summed E-state index contributed by atoms with van der Waals surface area (Å²) >= 11 is 0. The third-order valence-corrected chi connectivity index (χ3v) is 3.86. The van der Waals surface area contributed by atoms with E-state index in [1.807, 2.05) is 12.1 Å². The lowest BCUT2D eigenvalue weighted by Gasteiger charge is -2.31. The first-order valence-electron chi connectivity index (χ1n) is 7.12. The predicted octanol–water partition coefficient (Wildman–Crippen LogP) is 1.46. The van der Waals surface area contributed by atoms with Crippen LogP contribution in [0.5, 0.6) is 0 Å². The van der Waals surface area contributed by atoms with Gasteiger partial charge in [-0.2, -0.15) is 0 Å². The molecule has 0 saturated heterocycles. The lowest BCUT2D eigenvalue weighted by molar-refractivity contribution is 0.425. The topological polar surface area (TPSA) is 43.7 Å². The molecule has 0 aromatic heterocycles. The van der Waals surface area contributed by atoms with Crippen LogP contribution in [0.25, 0.3) is 0 Å². The Kier molecular flexibility index (Phi) is 3.95. The van der Waals surface area contributed by atoms with Gasteiger partial charge >= 0.3 is 7.12 Å². The quantitative estimate of drug-likeness (QED) is 0.839. The Bertz CT molecular complexity index is 648. The van der Waals surface area contributed by atoms with Crippen molar-refractivity contribution in [3.05, 3.63) is 59.4 Å². The molecule has 108 valence electrons. The van der Waals surface area contributed by atoms with Gasteiger partial charge in [-0.05, 0) is 47.6 Å². The SMILES string of the molecule is OB(O)c1cc(F)cc(CN2CCCc3ccccc32)c1. The van der Waals surface area contributed by atoms with Crippen molar-refractivity contribution in [1.29, 1.82) is 0 Å². The number of nitrogens with zero attached hydrogens (tertiary/aromatic N) is 1. The summed E-state index contributed by atoms with van der Waals surface area (Å²) in [7, 11) is -1.65. The number of benzene rings is 2. The first kappa shape index (κ1) is 14.1. The predicted molar refractivity (Wildman–Crippen MR) is 82.0 cm³/mol. The van der Waals surface area contributed by atoms with Gasteiger partial charge in [0.15, 0.2) is 0 Å². The molecule has 1 aliphatic heterocycles. The molecular formula is C16H17BFNO2. The molecule has 0 fully saturated rings. The van der Waals surface area contributed by atoms with Crippen LogP contribution in [-0.2, 0) is 13.0 Å². The van der Waals surface area contributed by atoms with E-state index in [1.165, 1.54) is 17.3 Å². The molecule has 2 aromatic rings. The van der Waals surface area contributed by atoms with Crippen LogP contribution in [0.3, 0.4) is 0 Å². The molecule has 0 amide bonds. The van der Waals surface area contributed by atoms with Crippen LogP contribution < -0.4 is 10.4 Å². The minimum atomic E-state index is -1.65. The van der Waals surface area contributed by atoms with Crippen molar-refractivity contribution in [2.75, 3.05) is 11.4 Å². The maximum absolute atomic E-state index is 13.6. The zero-order valence-electron chi connectivity index (χ0n) is 11.7. The van der Waals surface area contributed by atoms with E-state index in [0.717, 1.165) is 31.0 Å². The van der Waals surface area contributed by atoms with Gasteiger partial charge in [0.2, 0.25) is 0 Å². The summed E-state index contributed by atoms with van der Waals surface area (Å²) in [4.78, 5) is 2.21. The fourth-order valence-corrected chi connectivity index (χ4v) is 2.91. The minimum absolute atomic E-state index is 0.190. The van der Waals surface area contributed by atoms with E-state index in [1.54, 1.807) is 6.07 Å². The van der Waals surface area contributed by atoms with Gasteiger partial charge in [0, 0.05) is 18.8 Å². The monoisotopic (exact) mass is 285 g/mol. The maximum Gasteiger partial charge on any atom is 0.488 e. The Hall–Kier alpha value is -1.85. The Morgan fingerprint density at radius 2 is 1.95 bits per heavy atom. The van der Waals surface area contributed by atoms with Crippen molar-refractivity contribution in [3.63, 3.8) is 0 Å². The Balaban J connectivity index is 1.88. The van der Waals surface area contributed by atoms with E-state index in [0.29, 0.717) is 6.54 Å². The molecule has 5 heteroatoms. The van der Waals surface area contributed by atoms with Crippen molar-refractivity contribution >= 4 is 18.3 Å². The number of aryl methyl sites for hydroxylation is 1. The molecule has 0 bridgehead atoms. The first-order valence-corrected chi connectivity index (χ1v) is 7.12. The van der Waals surface area contributed by atoms with E-state index in [-0.39, 0.29) is 5.46 Å². The first-order chi connectivity index (χ1) is 10.1. The maximum atomic E-state index is 13.6. The van der Waals surface area contributed by atoms with Crippen LogP contribution in [-0.4, -0.2) is 23.7 Å².